The molecule has 0 fully saturated rings. The van der Waals surface area contributed by atoms with E-state index < -0.39 is 16.6 Å². The zero-order valence-electron chi connectivity index (χ0n) is 14.0. The lowest BCUT2D eigenvalue weighted by Crippen LogP contribution is -2.35. The summed E-state index contributed by atoms with van der Waals surface area (Å²) in [6, 6.07) is 10.7. The van der Waals surface area contributed by atoms with Crippen LogP contribution in [0.2, 0.25) is 0 Å². The van der Waals surface area contributed by atoms with Crippen molar-refractivity contribution in [2.24, 2.45) is 0 Å². The second-order valence-corrected chi connectivity index (χ2v) is 6.30. The van der Waals surface area contributed by atoms with Crippen molar-refractivity contribution in [2.75, 3.05) is 18.4 Å². The molecular formula is C17H21N3O4. The molecule has 0 radical (unpaired) electrons. The largest absolute Gasteiger partial charge is 0.444 e. The van der Waals surface area contributed by atoms with Crippen molar-refractivity contribution < 1.29 is 14.5 Å². The minimum absolute atomic E-state index is 0.0327. The van der Waals surface area contributed by atoms with Crippen molar-refractivity contribution in [3.8, 4) is 0 Å². The van der Waals surface area contributed by atoms with Gasteiger partial charge in [-0.05, 0) is 38.3 Å². The van der Waals surface area contributed by atoms with Crippen molar-refractivity contribution in [2.45, 2.75) is 26.4 Å². The summed E-state index contributed by atoms with van der Waals surface area (Å²) in [6.07, 6.45) is -0.516. The number of nitrogens with zero attached hydrogens (tertiary/aromatic N) is 1. The number of hydrogen-bond acceptors (Lipinski definition) is 5. The normalized spacial score (nSPS) is 11.1. The topological polar surface area (TPSA) is 93.5 Å². The van der Waals surface area contributed by atoms with Crippen molar-refractivity contribution in [3.63, 3.8) is 0 Å². The van der Waals surface area contributed by atoms with Crippen LogP contribution in [-0.4, -0.2) is 29.7 Å². The van der Waals surface area contributed by atoms with E-state index in [1.54, 1.807) is 39.0 Å². The summed E-state index contributed by atoms with van der Waals surface area (Å²) in [7, 11) is 0. The van der Waals surface area contributed by atoms with Gasteiger partial charge in [-0.2, -0.15) is 0 Å². The van der Waals surface area contributed by atoms with Crippen LogP contribution in [0.15, 0.2) is 36.4 Å². The van der Waals surface area contributed by atoms with Gasteiger partial charge >= 0.3 is 6.09 Å². The quantitative estimate of drug-likeness (QED) is 0.495. The van der Waals surface area contributed by atoms with Crippen LogP contribution in [0.5, 0.6) is 0 Å². The predicted molar refractivity (Wildman–Crippen MR) is 93.3 cm³/mol. The Kier molecular flexibility index (Phi) is 5.23. The maximum absolute atomic E-state index is 11.6. The molecule has 0 aliphatic rings. The lowest BCUT2D eigenvalue weighted by molar-refractivity contribution is -0.382. The number of alkyl carbamates (subject to hydrolysis) is 1. The van der Waals surface area contributed by atoms with Gasteiger partial charge in [0, 0.05) is 13.1 Å². The smallest absolute Gasteiger partial charge is 0.407 e. The third-order valence-corrected chi connectivity index (χ3v) is 3.19. The van der Waals surface area contributed by atoms with E-state index in [0.29, 0.717) is 24.2 Å². The molecule has 0 unspecified atom stereocenters. The Hall–Kier alpha value is -2.83. The highest BCUT2D eigenvalue weighted by Crippen LogP contribution is 2.33. The Labute approximate surface area is 140 Å². The lowest BCUT2D eigenvalue weighted by atomic mass is 10.1. The van der Waals surface area contributed by atoms with E-state index >= 15 is 0 Å². The van der Waals surface area contributed by atoms with Crippen molar-refractivity contribution in [3.05, 3.63) is 46.5 Å². The highest BCUT2D eigenvalue weighted by atomic mass is 16.6. The SMILES string of the molecule is CC(C)(C)OC(=O)NCCNc1ccc2ccccc2c1[N+](=O)[O-]. The predicted octanol–water partition coefficient (Wildman–Crippen LogP) is 3.68. The zero-order valence-corrected chi connectivity index (χ0v) is 14.0. The number of anilines is 1. The van der Waals surface area contributed by atoms with E-state index in [4.69, 9.17) is 4.74 Å². The standard InChI is InChI=1S/C17H21N3O4/c1-17(2,3)24-16(21)19-11-10-18-14-9-8-12-6-4-5-7-13(12)15(14)20(22)23/h4-9,18H,10-11H2,1-3H3,(H,19,21). The molecule has 1 amide bonds. The molecule has 2 aromatic carbocycles. The Balaban J connectivity index is 2.02. The maximum Gasteiger partial charge on any atom is 0.407 e. The molecule has 0 saturated heterocycles. The molecule has 7 nitrogen and oxygen atoms in total. The fraction of sp³-hybridized carbons (Fsp3) is 0.353. The third-order valence-electron chi connectivity index (χ3n) is 3.19. The number of rotatable bonds is 5. The molecule has 0 heterocycles. The fourth-order valence-electron chi connectivity index (χ4n) is 2.27. The van der Waals surface area contributed by atoms with Gasteiger partial charge in [-0.15, -0.1) is 0 Å². The first-order valence-corrected chi connectivity index (χ1v) is 7.65. The number of fused-ring (bicyclic) bond motifs is 1. The summed E-state index contributed by atoms with van der Waals surface area (Å²) in [4.78, 5) is 22.6. The van der Waals surface area contributed by atoms with Crippen LogP contribution in [0.3, 0.4) is 0 Å². The second-order valence-electron chi connectivity index (χ2n) is 6.30. The third kappa shape index (κ3) is 4.58. The van der Waals surface area contributed by atoms with Gasteiger partial charge in [0.25, 0.3) is 5.69 Å². The molecule has 0 spiro atoms. The second kappa shape index (κ2) is 7.16. The van der Waals surface area contributed by atoms with Gasteiger partial charge in [-0.25, -0.2) is 4.79 Å². The van der Waals surface area contributed by atoms with E-state index in [1.807, 2.05) is 18.2 Å². The average Bonchev–Trinajstić information content (AvgIpc) is 2.49. The summed E-state index contributed by atoms with van der Waals surface area (Å²) in [6.45, 7) is 5.98. The molecule has 128 valence electrons. The summed E-state index contributed by atoms with van der Waals surface area (Å²) in [5, 5.41) is 18.4. The number of nitro groups is 1. The van der Waals surface area contributed by atoms with Crippen LogP contribution in [0.4, 0.5) is 16.2 Å². The number of benzene rings is 2. The summed E-state index contributed by atoms with van der Waals surface area (Å²) in [5.41, 5.74) is -0.107. The van der Waals surface area contributed by atoms with E-state index in [1.165, 1.54) is 0 Å². The molecule has 0 aromatic heterocycles. The van der Waals surface area contributed by atoms with Crippen LogP contribution in [0.25, 0.3) is 10.8 Å². The van der Waals surface area contributed by atoms with Gasteiger partial charge in [0.2, 0.25) is 0 Å². The highest BCUT2D eigenvalue weighted by molar-refractivity contribution is 5.96. The molecule has 2 N–H and O–H groups in total. The first-order valence-electron chi connectivity index (χ1n) is 7.65. The number of ether oxygens (including phenoxy) is 1. The molecule has 7 heteroatoms. The minimum atomic E-state index is -0.561. The summed E-state index contributed by atoms with van der Waals surface area (Å²) in [5.74, 6) is 0. The number of nitro benzene ring substituents is 1. The monoisotopic (exact) mass is 331 g/mol. The Morgan fingerprint density at radius 2 is 1.88 bits per heavy atom. The van der Waals surface area contributed by atoms with Gasteiger partial charge in [0.15, 0.2) is 0 Å². The minimum Gasteiger partial charge on any atom is -0.444 e. The van der Waals surface area contributed by atoms with E-state index in [9.17, 15) is 14.9 Å². The van der Waals surface area contributed by atoms with Crippen LogP contribution in [0, 0.1) is 10.1 Å². The fourth-order valence-corrected chi connectivity index (χ4v) is 2.27. The molecule has 2 rings (SSSR count). The van der Waals surface area contributed by atoms with E-state index in [0.717, 1.165) is 5.39 Å². The molecule has 0 saturated carbocycles. The Bertz CT molecular complexity index is 753. The van der Waals surface area contributed by atoms with Crippen molar-refractivity contribution in [1.82, 2.24) is 5.32 Å². The first kappa shape index (κ1) is 17.5. The zero-order chi connectivity index (χ0) is 17.7. The number of nitrogens with one attached hydrogen (secondary N) is 2. The molecule has 0 aliphatic carbocycles. The van der Waals surface area contributed by atoms with Crippen LogP contribution in [0.1, 0.15) is 20.8 Å². The summed E-state index contributed by atoms with van der Waals surface area (Å²) >= 11 is 0. The lowest BCUT2D eigenvalue weighted by Gasteiger charge is -2.19. The van der Waals surface area contributed by atoms with Gasteiger partial charge in [-0.3, -0.25) is 10.1 Å². The van der Waals surface area contributed by atoms with Crippen LogP contribution < -0.4 is 10.6 Å². The molecule has 24 heavy (non-hydrogen) atoms. The highest BCUT2D eigenvalue weighted by Gasteiger charge is 2.18. The molecule has 2 aromatic rings. The number of amides is 1. The number of carbonyl (C=O) groups is 1. The molecule has 0 aliphatic heterocycles. The van der Waals surface area contributed by atoms with Gasteiger partial charge in [-0.1, -0.05) is 24.3 Å². The number of hydrogen-bond donors (Lipinski definition) is 2. The van der Waals surface area contributed by atoms with Gasteiger partial charge in [0.1, 0.15) is 11.3 Å². The average molecular weight is 331 g/mol. The molecule has 0 atom stereocenters. The van der Waals surface area contributed by atoms with Crippen LogP contribution >= 0.6 is 0 Å². The molecule has 0 bridgehead atoms. The van der Waals surface area contributed by atoms with E-state index in [2.05, 4.69) is 10.6 Å². The molecular weight excluding hydrogens is 310 g/mol. The number of carbonyl (C=O) groups excluding carboxylic acids is 1. The first-order chi connectivity index (χ1) is 11.3. The Morgan fingerprint density at radius 1 is 1.17 bits per heavy atom. The van der Waals surface area contributed by atoms with E-state index in [-0.39, 0.29) is 5.69 Å². The Morgan fingerprint density at radius 3 is 2.54 bits per heavy atom. The van der Waals surface area contributed by atoms with Gasteiger partial charge < -0.3 is 15.4 Å². The van der Waals surface area contributed by atoms with Crippen LogP contribution in [-0.2, 0) is 4.74 Å². The van der Waals surface area contributed by atoms with Crippen molar-refractivity contribution >= 4 is 28.2 Å². The maximum atomic E-state index is 11.6. The van der Waals surface area contributed by atoms with Gasteiger partial charge in [0.05, 0.1) is 10.3 Å². The summed E-state index contributed by atoms with van der Waals surface area (Å²) < 4.78 is 5.12. The van der Waals surface area contributed by atoms with Crippen molar-refractivity contribution in [1.29, 1.82) is 0 Å².